The molecule has 2 aliphatic carbocycles. The largest absolute Gasteiger partial charge is 0.313 e. The summed E-state index contributed by atoms with van der Waals surface area (Å²) in [4.78, 5) is 0. The first-order valence-corrected chi connectivity index (χ1v) is 7.61. The van der Waals surface area contributed by atoms with Crippen molar-refractivity contribution in [1.82, 2.24) is 5.32 Å². The number of halogens is 1. The molecule has 2 aliphatic rings. The van der Waals surface area contributed by atoms with Gasteiger partial charge in [-0.05, 0) is 67.8 Å². The van der Waals surface area contributed by atoms with Gasteiger partial charge in [0.1, 0.15) is 0 Å². The van der Waals surface area contributed by atoms with Crippen LogP contribution in [0.15, 0.2) is 22.7 Å². The van der Waals surface area contributed by atoms with Crippen LogP contribution in [0.4, 0.5) is 0 Å². The lowest BCUT2D eigenvalue weighted by atomic mass is 9.84. The van der Waals surface area contributed by atoms with Gasteiger partial charge >= 0.3 is 0 Å². The highest BCUT2D eigenvalue weighted by atomic mass is 79.9. The highest BCUT2D eigenvalue weighted by Gasteiger charge is 2.21. The SMILES string of the molecule is Brc1ccc2c(c1)CCC(NCC1CCC1)C2. The number of aryl methyl sites for hydroxylation is 1. The number of hydrogen-bond acceptors (Lipinski definition) is 1. The van der Waals surface area contributed by atoms with Crippen molar-refractivity contribution in [2.75, 3.05) is 6.54 Å². The van der Waals surface area contributed by atoms with Crippen LogP contribution in [0.5, 0.6) is 0 Å². The molecule has 92 valence electrons. The Morgan fingerprint density at radius 3 is 2.82 bits per heavy atom. The molecule has 1 aromatic rings. The first kappa shape index (κ1) is 11.7. The van der Waals surface area contributed by atoms with E-state index in [1.54, 1.807) is 11.1 Å². The Balaban J connectivity index is 1.58. The fourth-order valence-corrected chi connectivity index (χ4v) is 3.34. The molecule has 0 heterocycles. The van der Waals surface area contributed by atoms with Crippen LogP contribution in [0.2, 0.25) is 0 Å². The summed E-state index contributed by atoms with van der Waals surface area (Å²) in [7, 11) is 0. The average Bonchev–Trinajstić information content (AvgIpc) is 2.27. The summed E-state index contributed by atoms with van der Waals surface area (Å²) < 4.78 is 1.22. The molecule has 0 amide bonds. The van der Waals surface area contributed by atoms with E-state index in [0.717, 1.165) is 5.92 Å². The molecule has 1 saturated carbocycles. The maximum atomic E-state index is 3.77. The Morgan fingerprint density at radius 1 is 1.18 bits per heavy atom. The van der Waals surface area contributed by atoms with Crippen LogP contribution in [0.25, 0.3) is 0 Å². The van der Waals surface area contributed by atoms with Crippen molar-refractivity contribution in [3.05, 3.63) is 33.8 Å². The van der Waals surface area contributed by atoms with Gasteiger partial charge in [0.05, 0.1) is 0 Å². The van der Waals surface area contributed by atoms with Gasteiger partial charge in [0.2, 0.25) is 0 Å². The van der Waals surface area contributed by atoms with E-state index in [1.165, 1.54) is 49.5 Å². The van der Waals surface area contributed by atoms with Crippen molar-refractivity contribution in [2.24, 2.45) is 5.92 Å². The third kappa shape index (κ3) is 2.74. The van der Waals surface area contributed by atoms with Gasteiger partial charge in [-0.15, -0.1) is 0 Å². The van der Waals surface area contributed by atoms with Crippen LogP contribution in [0.3, 0.4) is 0 Å². The molecule has 0 spiro atoms. The quantitative estimate of drug-likeness (QED) is 0.896. The van der Waals surface area contributed by atoms with Crippen LogP contribution in [0.1, 0.15) is 36.8 Å². The average molecular weight is 294 g/mol. The molecule has 1 atom stereocenters. The second-order valence-electron chi connectivity index (χ2n) is 5.56. The van der Waals surface area contributed by atoms with E-state index in [-0.39, 0.29) is 0 Å². The summed E-state index contributed by atoms with van der Waals surface area (Å²) in [6, 6.07) is 7.46. The molecule has 1 unspecified atom stereocenters. The van der Waals surface area contributed by atoms with Crippen LogP contribution in [-0.4, -0.2) is 12.6 Å². The normalized spacial score (nSPS) is 24.2. The maximum absolute atomic E-state index is 3.77. The van der Waals surface area contributed by atoms with Crippen LogP contribution in [0, 0.1) is 5.92 Å². The summed E-state index contributed by atoms with van der Waals surface area (Å²) in [6.45, 7) is 1.25. The van der Waals surface area contributed by atoms with Gasteiger partial charge in [-0.25, -0.2) is 0 Å². The van der Waals surface area contributed by atoms with E-state index in [2.05, 4.69) is 39.4 Å². The molecule has 0 radical (unpaired) electrons. The van der Waals surface area contributed by atoms with E-state index >= 15 is 0 Å². The molecule has 17 heavy (non-hydrogen) atoms. The van der Waals surface area contributed by atoms with Crippen molar-refractivity contribution in [3.63, 3.8) is 0 Å². The minimum Gasteiger partial charge on any atom is -0.313 e. The predicted octanol–water partition coefficient (Wildman–Crippen LogP) is 3.70. The molecule has 0 saturated heterocycles. The molecule has 0 bridgehead atoms. The molecule has 1 N–H and O–H groups in total. The van der Waals surface area contributed by atoms with Gasteiger partial charge in [0.15, 0.2) is 0 Å². The van der Waals surface area contributed by atoms with Gasteiger partial charge in [-0.3, -0.25) is 0 Å². The Labute approximate surface area is 112 Å². The molecular formula is C15H20BrN. The highest BCUT2D eigenvalue weighted by molar-refractivity contribution is 9.10. The number of fused-ring (bicyclic) bond motifs is 1. The molecular weight excluding hydrogens is 274 g/mol. The lowest BCUT2D eigenvalue weighted by molar-refractivity contribution is 0.283. The molecule has 1 fully saturated rings. The third-order valence-electron chi connectivity index (χ3n) is 4.32. The van der Waals surface area contributed by atoms with Crippen molar-refractivity contribution >= 4 is 15.9 Å². The minimum atomic E-state index is 0.712. The molecule has 3 rings (SSSR count). The van der Waals surface area contributed by atoms with Crippen molar-refractivity contribution < 1.29 is 0 Å². The van der Waals surface area contributed by atoms with Crippen molar-refractivity contribution in [1.29, 1.82) is 0 Å². The highest BCUT2D eigenvalue weighted by Crippen LogP contribution is 2.27. The van der Waals surface area contributed by atoms with Crippen LogP contribution in [-0.2, 0) is 12.8 Å². The Bertz CT molecular complexity index is 398. The summed E-state index contributed by atoms with van der Waals surface area (Å²) in [5, 5.41) is 3.77. The minimum absolute atomic E-state index is 0.712. The summed E-state index contributed by atoms with van der Waals surface area (Å²) in [5.41, 5.74) is 3.09. The zero-order valence-corrected chi connectivity index (χ0v) is 11.8. The monoisotopic (exact) mass is 293 g/mol. The van der Waals surface area contributed by atoms with E-state index in [4.69, 9.17) is 0 Å². The molecule has 1 aromatic carbocycles. The summed E-state index contributed by atoms with van der Waals surface area (Å²) in [6.07, 6.45) is 8.10. The fourth-order valence-electron chi connectivity index (χ4n) is 2.93. The first-order chi connectivity index (χ1) is 8.31. The Kier molecular flexibility index (Phi) is 3.53. The predicted molar refractivity (Wildman–Crippen MR) is 75.3 cm³/mol. The second-order valence-corrected chi connectivity index (χ2v) is 6.47. The Morgan fingerprint density at radius 2 is 2.06 bits per heavy atom. The smallest absolute Gasteiger partial charge is 0.0178 e. The van der Waals surface area contributed by atoms with Gasteiger partial charge in [-0.2, -0.15) is 0 Å². The summed E-state index contributed by atoms with van der Waals surface area (Å²) >= 11 is 3.56. The molecule has 2 heteroatoms. The van der Waals surface area contributed by atoms with E-state index < -0.39 is 0 Å². The van der Waals surface area contributed by atoms with E-state index in [9.17, 15) is 0 Å². The van der Waals surface area contributed by atoms with Gasteiger partial charge in [0, 0.05) is 10.5 Å². The standard InChI is InChI=1S/C15H20BrN/c16-14-6-4-13-9-15(7-5-12(13)8-14)17-10-11-2-1-3-11/h4,6,8,11,15,17H,1-3,5,7,9-10H2. The Hall–Kier alpha value is -0.340. The van der Waals surface area contributed by atoms with Crippen molar-refractivity contribution in [3.8, 4) is 0 Å². The number of nitrogens with one attached hydrogen (secondary N) is 1. The van der Waals surface area contributed by atoms with Gasteiger partial charge < -0.3 is 5.32 Å². The maximum Gasteiger partial charge on any atom is 0.0178 e. The van der Waals surface area contributed by atoms with Crippen LogP contribution < -0.4 is 5.32 Å². The number of rotatable bonds is 3. The third-order valence-corrected chi connectivity index (χ3v) is 4.81. The van der Waals surface area contributed by atoms with E-state index in [1.807, 2.05) is 0 Å². The lowest BCUT2D eigenvalue weighted by Crippen LogP contribution is -2.39. The number of hydrogen-bond donors (Lipinski definition) is 1. The number of benzene rings is 1. The zero-order valence-electron chi connectivity index (χ0n) is 10.2. The van der Waals surface area contributed by atoms with Crippen molar-refractivity contribution in [2.45, 2.75) is 44.6 Å². The van der Waals surface area contributed by atoms with Gasteiger partial charge in [0.25, 0.3) is 0 Å². The second kappa shape index (κ2) is 5.11. The molecule has 1 nitrogen and oxygen atoms in total. The van der Waals surface area contributed by atoms with E-state index in [0.29, 0.717) is 6.04 Å². The molecule has 0 aromatic heterocycles. The zero-order chi connectivity index (χ0) is 11.7. The fraction of sp³-hybridized carbons (Fsp3) is 0.600. The first-order valence-electron chi connectivity index (χ1n) is 6.82. The lowest BCUT2D eigenvalue weighted by Gasteiger charge is -2.31. The molecule has 0 aliphatic heterocycles. The topological polar surface area (TPSA) is 12.0 Å². The summed E-state index contributed by atoms with van der Waals surface area (Å²) in [5.74, 6) is 0.973. The van der Waals surface area contributed by atoms with Gasteiger partial charge in [-0.1, -0.05) is 28.4 Å². The van der Waals surface area contributed by atoms with Crippen LogP contribution >= 0.6 is 15.9 Å².